The zero-order valence-corrected chi connectivity index (χ0v) is 11.2. The zero-order valence-electron chi connectivity index (χ0n) is 10.4. The van der Waals surface area contributed by atoms with Crippen molar-refractivity contribution in [3.05, 3.63) is 59.9 Å². The summed E-state index contributed by atoms with van der Waals surface area (Å²) in [5.41, 5.74) is 2.84. The van der Waals surface area contributed by atoms with Gasteiger partial charge in [0.2, 0.25) is 0 Å². The van der Waals surface area contributed by atoms with Gasteiger partial charge in [-0.15, -0.1) is 11.6 Å². The summed E-state index contributed by atoms with van der Waals surface area (Å²) in [4.78, 5) is 7.77. The van der Waals surface area contributed by atoms with Gasteiger partial charge >= 0.3 is 0 Å². The van der Waals surface area contributed by atoms with Gasteiger partial charge in [-0.2, -0.15) is 0 Å². The Morgan fingerprint density at radius 3 is 2.68 bits per heavy atom. The molecule has 0 radical (unpaired) electrons. The Labute approximate surface area is 116 Å². The van der Waals surface area contributed by atoms with E-state index in [2.05, 4.69) is 9.97 Å². The molecule has 0 saturated heterocycles. The van der Waals surface area contributed by atoms with E-state index < -0.39 is 0 Å². The Morgan fingerprint density at radius 2 is 1.95 bits per heavy atom. The number of aromatic nitrogens is 2. The normalized spacial score (nSPS) is 12.5. The van der Waals surface area contributed by atoms with E-state index in [0.29, 0.717) is 0 Å². The number of hydrogen-bond acceptors (Lipinski definition) is 2. The van der Waals surface area contributed by atoms with Gasteiger partial charge < -0.3 is 9.72 Å². The number of H-pyrrole nitrogens is 1. The third-order valence-electron chi connectivity index (χ3n) is 3.04. The van der Waals surface area contributed by atoms with Crippen LogP contribution in [0.1, 0.15) is 16.8 Å². The van der Waals surface area contributed by atoms with Crippen molar-refractivity contribution in [3.8, 4) is 5.75 Å². The van der Waals surface area contributed by atoms with E-state index in [1.54, 1.807) is 7.11 Å². The first-order valence-corrected chi connectivity index (χ1v) is 6.44. The van der Waals surface area contributed by atoms with Crippen LogP contribution in [0.3, 0.4) is 0 Å². The maximum absolute atomic E-state index is 6.45. The molecule has 4 heteroatoms. The fourth-order valence-electron chi connectivity index (χ4n) is 2.04. The second kappa shape index (κ2) is 4.94. The molecule has 1 atom stereocenters. The largest absolute Gasteiger partial charge is 0.497 e. The average molecular weight is 273 g/mol. The summed E-state index contributed by atoms with van der Waals surface area (Å²) in [6, 6.07) is 15.6. The van der Waals surface area contributed by atoms with Crippen molar-refractivity contribution in [2.24, 2.45) is 0 Å². The molecule has 3 nitrogen and oxygen atoms in total. The lowest BCUT2D eigenvalue weighted by Gasteiger charge is -2.05. The van der Waals surface area contributed by atoms with Crippen LogP contribution < -0.4 is 4.74 Å². The van der Waals surface area contributed by atoms with Crippen LogP contribution in [0, 0.1) is 0 Å². The molecule has 0 amide bonds. The van der Waals surface area contributed by atoms with E-state index in [-0.39, 0.29) is 5.38 Å². The van der Waals surface area contributed by atoms with Gasteiger partial charge in [0, 0.05) is 6.07 Å². The van der Waals surface area contributed by atoms with Crippen molar-refractivity contribution >= 4 is 22.6 Å². The van der Waals surface area contributed by atoms with E-state index in [9.17, 15) is 0 Å². The molecule has 1 unspecified atom stereocenters. The molecule has 0 fully saturated rings. The Kier molecular flexibility index (Phi) is 3.13. The van der Waals surface area contributed by atoms with Gasteiger partial charge in [0.25, 0.3) is 0 Å². The summed E-state index contributed by atoms with van der Waals surface area (Å²) in [6.45, 7) is 0. The maximum atomic E-state index is 6.45. The van der Waals surface area contributed by atoms with Crippen molar-refractivity contribution in [3.63, 3.8) is 0 Å². The van der Waals surface area contributed by atoms with Gasteiger partial charge in [-0.1, -0.05) is 30.3 Å². The van der Waals surface area contributed by atoms with Crippen LogP contribution in [-0.2, 0) is 0 Å². The number of nitrogens with one attached hydrogen (secondary N) is 1. The van der Waals surface area contributed by atoms with Crippen LogP contribution in [0.15, 0.2) is 48.5 Å². The SMILES string of the molecule is COc1ccc2nc(C(Cl)c3ccccc3)[nH]c2c1. The number of ether oxygens (including phenoxy) is 1. The van der Waals surface area contributed by atoms with Crippen molar-refractivity contribution in [2.45, 2.75) is 5.38 Å². The Hall–Kier alpha value is -2.00. The molecule has 96 valence electrons. The molecule has 19 heavy (non-hydrogen) atoms. The summed E-state index contributed by atoms with van der Waals surface area (Å²) >= 11 is 6.45. The lowest BCUT2D eigenvalue weighted by Crippen LogP contribution is -1.94. The fourth-order valence-corrected chi connectivity index (χ4v) is 2.28. The molecule has 2 aromatic carbocycles. The highest BCUT2D eigenvalue weighted by Crippen LogP contribution is 2.29. The number of aromatic amines is 1. The minimum atomic E-state index is -0.278. The van der Waals surface area contributed by atoms with E-state index >= 15 is 0 Å². The predicted molar refractivity (Wildman–Crippen MR) is 76.8 cm³/mol. The molecule has 0 aliphatic rings. The molecule has 0 saturated carbocycles. The lowest BCUT2D eigenvalue weighted by atomic mass is 10.1. The smallest absolute Gasteiger partial charge is 0.129 e. The van der Waals surface area contributed by atoms with Gasteiger partial charge in [0.15, 0.2) is 0 Å². The third-order valence-corrected chi connectivity index (χ3v) is 3.50. The van der Waals surface area contributed by atoms with Gasteiger partial charge in [-0.3, -0.25) is 0 Å². The van der Waals surface area contributed by atoms with E-state index in [4.69, 9.17) is 16.3 Å². The summed E-state index contributed by atoms with van der Waals surface area (Å²) in [7, 11) is 1.65. The second-order valence-electron chi connectivity index (χ2n) is 4.28. The number of alkyl halides is 1. The first-order valence-electron chi connectivity index (χ1n) is 6.00. The molecule has 0 aliphatic carbocycles. The summed E-state index contributed by atoms with van der Waals surface area (Å²) in [5.74, 6) is 1.55. The van der Waals surface area contributed by atoms with Gasteiger partial charge in [-0.25, -0.2) is 4.98 Å². The number of benzene rings is 2. The van der Waals surface area contributed by atoms with Crippen LogP contribution in [0.4, 0.5) is 0 Å². The quantitative estimate of drug-likeness (QED) is 0.734. The number of rotatable bonds is 3. The number of imidazole rings is 1. The average Bonchev–Trinajstić information content (AvgIpc) is 2.90. The summed E-state index contributed by atoms with van der Waals surface area (Å²) in [5, 5.41) is -0.278. The number of halogens is 1. The maximum Gasteiger partial charge on any atom is 0.129 e. The molecular weight excluding hydrogens is 260 g/mol. The second-order valence-corrected chi connectivity index (χ2v) is 4.71. The number of hydrogen-bond donors (Lipinski definition) is 1. The highest BCUT2D eigenvalue weighted by atomic mass is 35.5. The highest BCUT2D eigenvalue weighted by molar-refractivity contribution is 6.22. The third kappa shape index (κ3) is 2.29. The van der Waals surface area contributed by atoms with Crippen molar-refractivity contribution < 1.29 is 4.74 Å². The molecule has 1 heterocycles. The van der Waals surface area contributed by atoms with Crippen LogP contribution in [-0.4, -0.2) is 17.1 Å². The Morgan fingerprint density at radius 1 is 1.16 bits per heavy atom. The standard InChI is InChI=1S/C15H13ClN2O/c1-19-11-7-8-12-13(9-11)18-15(17-12)14(16)10-5-3-2-4-6-10/h2-9,14H,1H3,(H,17,18). The number of fused-ring (bicyclic) bond motifs is 1. The van der Waals surface area contributed by atoms with Crippen molar-refractivity contribution in [1.82, 2.24) is 9.97 Å². The fraction of sp³-hybridized carbons (Fsp3) is 0.133. The van der Waals surface area contributed by atoms with Crippen molar-refractivity contribution in [1.29, 1.82) is 0 Å². The van der Waals surface area contributed by atoms with Crippen LogP contribution >= 0.6 is 11.6 Å². The first kappa shape index (κ1) is 12.1. The molecule has 0 aliphatic heterocycles. The van der Waals surface area contributed by atoms with E-state index in [1.165, 1.54) is 0 Å². The van der Waals surface area contributed by atoms with E-state index in [0.717, 1.165) is 28.2 Å². The van der Waals surface area contributed by atoms with Gasteiger partial charge in [0.1, 0.15) is 17.0 Å². The minimum Gasteiger partial charge on any atom is -0.497 e. The zero-order chi connectivity index (χ0) is 13.2. The minimum absolute atomic E-state index is 0.278. The molecule has 1 N–H and O–H groups in total. The van der Waals surface area contributed by atoms with Gasteiger partial charge in [0.05, 0.1) is 18.1 Å². The molecule has 1 aromatic heterocycles. The van der Waals surface area contributed by atoms with Crippen molar-refractivity contribution in [2.75, 3.05) is 7.11 Å². The lowest BCUT2D eigenvalue weighted by molar-refractivity contribution is 0.415. The molecular formula is C15H13ClN2O. The molecule has 3 rings (SSSR count). The van der Waals surface area contributed by atoms with Crippen LogP contribution in [0.2, 0.25) is 0 Å². The molecule has 0 bridgehead atoms. The monoisotopic (exact) mass is 272 g/mol. The highest BCUT2D eigenvalue weighted by Gasteiger charge is 2.15. The Bertz CT molecular complexity index is 694. The summed E-state index contributed by atoms with van der Waals surface area (Å²) in [6.07, 6.45) is 0. The van der Waals surface area contributed by atoms with Gasteiger partial charge in [-0.05, 0) is 17.7 Å². The first-order chi connectivity index (χ1) is 9.28. The van der Waals surface area contributed by atoms with Crippen LogP contribution in [0.25, 0.3) is 11.0 Å². The number of nitrogens with zero attached hydrogens (tertiary/aromatic N) is 1. The summed E-state index contributed by atoms with van der Waals surface area (Å²) < 4.78 is 5.20. The number of methoxy groups -OCH3 is 1. The molecule has 0 spiro atoms. The van der Waals surface area contributed by atoms with Crippen LogP contribution in [0.5, 0.6) is 5.75 Å². The van der Waals surface area contributed by atoms with E-state index in [1.807, 2.05) is 48.5 Å². The predicted octanol–water partition coefficient (Wildman–Crippen LogP) is 3.90. The Balaban J connectivity index is 2.01. The topological polar surface area (TPSA) is 37.9 Å². The molecule has 3 aromatic rings.